The summed E-state index contributed by atoms with van der Waals surface area (Å²) in [7, 11) is 1.73. The lowest BCUT2D eigenvalue weighted by Gasteiger charge is -2.16. The van der Waals surface area contributed by atoms with Gasteiger partial charge in [-0.3, -0.25) is 16.0 Å². The van der Waals surface area contributed by atoms with Crippen LogP contribution in [0.3, 0.4) is 0 Å². The number of rotatable bonds is 4. The summed E-state index contributed by atoms with van der Waals surface area (Å²) in [6.45, 7) is 0. The van der Waals surface area contributed by atoms with Gasteiger partial charge in [0, 0.05) is 37.4 Å². The molecular weight excluding hydrogens is 257 g/mol. The van der Waals surface area contributed by atoms with Gasteiger partial charge in [-0.15, -0.1) is 0 Å². The number of nitrogens with zero attached hydrogens (tertiary/aromatic N) is 2. The highest BCUT2D eigenvalue weighted by atomic mass is 19.1. The number of benzene rings is 1. The number of nitrogens with two attached hydrogens (primary N) is 1. The molecule has 1 aromatic carbocycles. The second-order valence-corrected chi connectivity index (χ2v) is 4.19. The molecule has 19 heavy (non-hydrogen) atoms. The Labute approximate surface area is 108 Å². The van der Waals surface area contributed by atoms with Crippen LogP contribution in [0.25, 0.3) is 0 Å². The van der Waals surface area contributed by atoms with Crippen molar-refractivity contribution >= 4 is 0 Å². The molecule has 0 aliphatic carbocycles. The average Bonchev–Trinajstić information content (AvgIpc) is 2.72. The van der Waals surface area contributed by atoms with E-state index < -0.39 is 23.5 Å². The van der Waals surface area contributed by atoms with Crippen LogP contribution in [0.15, 0.2) is 24.4 Å². The summed E-state index contributed by atoms with van der Waals surface area (Å²) in [5, 5.41) is 4.10. The van der Waals surface area contributed by atoms with E-state index >= 15 is 0 Å². The zero-order chi connectivity index (χ0) is 14.0. The summed E-state index contributed by atoms with van der Waals surface area (Å²) >= 11 is 0. The molecule has 3 N–H and O–H groups in total. The molecule has 2 rings (SSSR count). The van der Waals surface area contributed by atoms with Crippen LogP contribution in [0.4, 0.5) is 13.2 Å². The number of aryl methyl sites for hydroxylation is 1. The molecule has 0 fully saturated rings. The molecule has 0 aliphatic heterocycles. The van der Waals surface area contributed by atoms with Crippen molar-refractivity contribution in [1.29, 1.82) is 0 Å². The molecule has 2 aromatic rings. The quantitative estimate of drug-likeness (QED) is 0.655. The third kappa shape index (κ3) is 2.94. The van der Waals surface area contributed by atoms with Gasteiger partial charge in [0.1, 0.15) is 17.5 Å². The Bertz CT molecular complexity index is 559. The van der Waals surface area contributed by atoms with Crippen LogP contribution >= 0.6 is 0 Å². The fourth-order valence-electron chi connectivity index (χ4n) is 1.91. The van der Waals surface area contributed by atoms with Gasteiger partial charge in [0.2, 0.25) is 0 Å². The maximum atomic E-state index is 13.7. The second kappa shape index (κ2) is 5.41. The summed E-state index contributed by atoms with van der Waals surface area (Å²) < 4.78 is 41.7. The van der Waals surface area contributed by atoms with Crippen molar-refractivity contribution in [2.75, 3.05) is 0 Å². The van der Waals surface area contributed by atoms with Gasteiger partial charge < -0.3 is 0 Å². The fraction of sp³-hybridized carbons (Fsp3) is 0.250. The Balaban J connectivity index is 2.32. The molecule has 1 heterocycles. The number of halogens is 3. The SMILES string of the molecule is Cn1ccc(CC(NN)c2c(F)cc(F)cc2F)n1. The summed E-state index contributed by atoms with van der Waals surface area (Å²) in [6, 6.07) is 2.14. The molecule has 1 aromatic heterocycles. The average molecular weight is 270 g/mol. The summed E-state index contributed by atoms with van der Waals surface area (Å²) in [4.78, 5) is 0. The normalized spacial score (nSPS) is 12.7. The monoisotopic (exact) mass is 270 g/mol. The Morgan fingerprint density at radius 3 is 2.42 bits per heavy atom. The highest BCUT2D eigenvalue weighted by Crippen LogP contribution is 2.24. The minimum absolute atomic E-state index is 0.191. The molecular formula is C12H13F3N4. The van der Waals surface area contributed by atoms with Gasteiger partial charge in [0.25, 0.3) is 0 Å². The lowest BCUT2D eigenvalue weighted by atomic mass is 10.0. The molecule has 7 heteroatoms. The fourth-order valence-corrected chi connectivity index (χ4v) is 1.91. The van der Waals surface area contributed by atoms with E-state index in [-0.39, 0.29) is 12.0 Å². The van der Waals surface area contributed by atoms with E-state index in [2.05, 4.69) is 10.5 Å². The van der Waals surface area contributed by atoms with Crippen molar-refractivity contribution in [2.45, 2.75) is 12.5 Å². The largest absolute Gasteiger partial charge is 0.276 e. The number of hydrogen-bond donors (Lipinski definition) is 2. The molecule has 0 spiro atoms. The van der Waals surface area contributed by atoms with E-state index in [1.807, 2.05) is 0 Å². The molecule has 0 saturated heterocycles. The van der Waals surface area contributed by atoms with E-state index in [1.54, 1.807) is 24.0 Å². The zero-order valence-electron chi connectivity index (χ0n) is 10.2. The van der Waals surface area contributed by atoms with Crippen molar-refractivity contribution in [3.05, 3.63) is 53.1 Å². The lowest BCUT2D eigenvalue weighted by molar-refractivity contribution is 0.458. The number of aromatic nitrogens is 2. The van der Waals surface area contributed by atoms with Gasteiger partial charge in [-0.05, 0) is 6.07 Å². The molecule has 1 unspecified atom stereocenters. The standard InChI is InChI=1S/C12H13F3N4/c1-19-3-2-8(18-19)6-11(17-16)12-9(14)4-7(13)5-10(12)15/h2-5,11,17H,6,16H2,1H3. The van der Waals surface area contributed by atoms with Gasteiger partial charge in [0.15, 0.2) is 0 Å². The van der Waals surface area contributed by atoms with Crippen molar-refractivity contribution in [3.63, 3.8) is 0 Å². The molecule has 1 atom stereocenters. The third-order valence-corrected chi connectivity index (χ3v) is 2.78. The minimum Gasteiger partial charge on any atom is -0.276 e. The van der Waals surface area contributed by atoms with E-state index in [4.69, 9.17) is 5.84 Å². The molecule has 0 amide bonds. The first-order chi connectivity index (χ1) is 9.01. The molecule has 102 valence electrons. The van der Waals surface area contributed by atoms with Gasteiger partial charge in [-0.25, -0.2) is 13.2 Å². The van der Waals surface area contributed by atoms with E-state index in [0.29, 0.717) is 17.8 Å². The Hall–Kier alpha value is -1.86. The Morgan fingerprint density at radius 1 is 1.32 bits per heavy atom. The van der Waals surface area contributed by atoms with Crippen LogP contribution < -0.4 is 11.3 Å². The zero-order valence-corrected chi connectivity index (χ0v) is 10.2. The van der Waals surface area contributed by atoms with E-state index in [0.717, 1.165) is 0 Å². The highest BCUT2D eigenvalue weighted by Gasteiger charge is 2.21. The van der Waals surface area contributed by atoms with Gasteiger partial charge in [0.05, 0.1) is 11.7 Å². The molecule has 0 radical (unpaired) electrons. The first kappa shape index (κ1) is 13.6. The van der Waals surface area contributed by atoms with E-state index in [1.165, 1.54) is 0 Å². The van der Waals surface area contributed by atoms with Crippen LogP contribution in [0, 0.1) is 17.5 Å². The van der Waals surface area contributed by atoms with E-state index in [9.17, 15) is 13.2 Å². The van der Waals surface area contributed by atoms with Crippen LogP contribution in [-0.4, -0.2) is 9.78 Å². The molecule has 0 aliphatic rings. The summed E-state index contributed by atoms with van der Waals surface area (Å²) in [6.07, 6.45) is 1.90. The van der Waals surface area contributed by atoms with Gasteiger partial charge in [-0.1, -0.05) is 0 Å². The predicted molar refractivity (Wildman–Crippen MR) is 63.3 cm³/mol. The first-order valence-corrected chi connectivity index (χ1v) is 5.60. The van der Waals surface area contributed by atoms with Crippen LogP contribution in [0.2, 0.25) is 0 Å². The molecule has 4 nitrogen and oxygen atoms in total. The molecule has 0 bridgehead atoms. The van der Waals surface area contributed by atoms with Crippen molar-refractivity contribution < 1.29 is 13.2 Å². The summed E-state index contributed by atoms with van der Waals surface area (Å²) in [5.74, 6) is 2.41. The maximum absolute atomic E-state index is 13.7. The first-order valence-electron chi connectivity index (χ1n) is 5.60. The number of nitrogens with one attached hydrogen (secondary N) is 1. The summed E-state index contributed by atoms with van der Waals surface area (Å²) in [5.41, 5.74) is 2.65. The topological polar surface area (TPSA) is 55.9 Å². The predicted octanol–water partition coefficient (Wildman–Crippen LogP) is 1.58. The lowest BCUT2D eigenvalue weighted by Crippen LogP contribution is -2.31. The maximum Gasteiger partial charge on any atom is 0.133 e. The van der Waals surface area contributed by atoms with Crippen LogP contribution in [0.1, 0.15) is 17.3 Å². The third-order valence-electron chi connectivity index (χ3n) is 2.78. The van der Waals surface area contributed by atoms with Gasteiger partial charge in [-0.2, -0.15) is 5.10 Å². The van der Waals surface area contributed by atoms with Crippen LogP contribution in [-0.2, 0) is 13.5 Å². The number of hydrazine groups is 1. The minimum atomic E-state index is -0.976. The number of hydrogen-bond acceptors (Lipinski definition) is 3. The van der Waals surface area contributed by atoms with Crippen LogP contribution in [0.5, 0.6) is 0 Å². The van der Waals surface area contributed by atoms with Gasteiger partial charge >= 0.3 is 0 Å². The van der Waals surface area contributed by atoms with Crippen molar-refractivity contribution in [2.24, 2.45) is 12.9 Å². The smallest absolute Gasteiger partial charge is 0.133 e. The Kier molecular flexibility index (Phi) is 3.87. The second-order valence-electron chi connectivity index (χ2n) is 4.19. The Morgan fingerprint density at radius 2 is 1.95 bits per heavy atom. The highest BCUT2D eigenvalue weighted by molar-refractivity contribution is 5.25. The molecule has 0 saturated carbocycles. The van der Waals surface area contributed by atoms with Crippen molar-refractivity contribution in [3.8, 4) is 0 Å². The van der Waals surface area contributed by atoms with Crippen molar-refractivity contribution in [1.82, 2.24) is 15.2 Å².